The zero-order valence-corrected chi connectivity index (χ0v) is 19.9. The smallest absolute Gasteiger partial charge is 0.332 e. The third-order valence-electron chi connectivity index (χ3n) is 6.40. The fourth-order valence-electron chi connectivity index (χ4n) is 4.75. The van der Waals surface area contributed by atoms with Gasteiger partial charge in [-0.15, -0.1) is 3.89 Å². The molecule has 1 aliphatic rings. The molecular formula is C23H29FN4O5S. The van der Waals surface area contributed by atoms with E-state index in [4.69, 9.17) is 4.98 Å². The van der Waals surface area contributed by atoms with Crippen molar-refractivity contribution in [1.82, 2.24) is 18.7 Å². The summed E-state index contributed by atoms with van der Waals surface area (Å²) < 4.78 is 40.2. The Labute approximate surface area is 196 Å². The lowest BCUT2D eigenvalue weighted by Crippen LogP contribution is -2.40. The van der Waals surface area contributed by atoms with Crippen LogP contribution in [0.5, 0.6) is 0 Å². The fraction of sp³-hybridized carbons (Fsp3) is 0.522. The summed E-state index contributed by atoms with van der Waals surface area (Å²) in [5.41, 5.74) is 0.450. The van der Waals surface area contributed by atoms with E-state index in [0.29, 0.717) is 29.6 Å². The molecule has 2 heterocycles. The lowest BCUT2D eigenvalue weighted by molar-refractivity contribution is 0.279. The van der Waals surface area contributed by atoms with Gasteiger partial charge < -0.3 is 9.67 Å². The molecule has 4 rings (SSSR count). The average Bonchev–Trinajstić information content (AvgIpc) is 3.45. The first-order chi connectivity index (χ1) is 16.3. The topological polar surface area (TPSA) is 116 Å². The van der Waals surface area contributed by atoms with Gasteiger partial charge in [-0.05, 0) is 43.4 Å². The number of aliphatic hydroxyl groups is 1. The molecular weight excluding hydrogens is 463 g/mol. The summed E-state index contributed by atoms with van der Waals surface area (Å²) in [6.45, 7) is 2.52. The van der Waals surface area contributed by atoms with Gasteiger partial charge in [-0.1, -0.05) is 31.9 Å². The van der Waals surface area contributed by atoms with E-state index >= 15 is 0 Å². The van der Waals surface area contributed by atoms with Crippen LogP contribution in [-0.4, -0.2) is 38.8 Å². The first-order valence-electron chi connectivity index (χ1n) is 11.6. The molecule has 1 aromatic carbocycles. The molecule has 9 nitrogen and oxygen atoms in total. The first kappa shape index (κ1) is 24.3. The molecule has 0 aliphatic heterocycles. The van der Waals surface area contributed by atoms with E-state index in [-0.39, 0.29) is 32.2 Å². The number of benzene rings is 1. The van der Waals surface area contributed by atoms with Gasteiger partial charge in [0, 0.05) is 32.2 Å². The maximum absolute atomic E-state index is 13.5. The van der Waals surface area contributed by atoms with Gasteiger partial charge in [0.2, 0.25) is 0 Å². The zero-order valence-electron chi connectivity index (χ0n) is 19.1. The van der Waals surface area contributed by atoms with Crippen molar-refractivity contribution in [2.24, 2.45) is 0 Å². The summed E-state index contributed by atoms with van der Waals surface area (Å²) >= 11 is 0. The van der Waals surface area contributed by atoms with E-state index in [9.17, 15) is 27.0 Å². The van der Waals surface area contributed by atoms with Crippen LogP contribution >= 0.6 is 0 Å². The van der Waals surface area contributed by atoms with Crippen molar-refractivity contribution in [3.05, 3.63) is 56.5 Å². The second-order valence-corrected chi connectivity index (χ2v) is 10.1. The molecule has 1 saturated carbocycles. The van der Waals surface area contributed by atoms with E-state index in [0.717, 1.165) is 31.5 Å². The van der Waals surface area contributed by atoms with Crippen LogP contribution in [0.4, 0.5) is 3.89 Å². The zero-order chi connectivity index (χ0) is 24.5. The van der Waals surface area contributed by atoms with Crippen molar-refractivity contribution in [2.75, 3.05) is 6.61 Å². The van der Waals surface area contributed by atoms with Gasteiger partial charge in [-0.2, -0.15) is 8.42 Å². The molecule has 2 aromatic heterocycles. The highest BCUT2D eigenvalue weighted by molar-refractivity contribution is 7.86. The summed E-state index contributed by atoms with van der Waals surface area (Å²) in [7, 11) is -4.81. The number of aromatic nitrogens is 4. The van der Waals surface area contributed by atoms with Crippen molar-refractivity contribution in [1.29, 1.82) is 0 Å². The predicted octanol–water partition coefficient (Wildman–Crippen LogP) is 2.52. The van der Waals surface area contributed by atoms with Crippen molar-refractivity contribution >= 4 is 21.4 Å². The Hall–Kier alpha value is -2.79. The summed E-state index contributed by atoms with van der Waals surface area (Å²) in [6, 6.07) is 5.43. The van der Waals surface area contributed by atoms with E-state index in [2.05, 4.69) is 0 Å². The molecule has 34 heavy (non-hydrogen) atoms. The number of aliphatic hydroxyl groups excluding tert-OH is 1. The van der Waals surface area contributed by atoms with Gasteiger partial charge in [0.25, 0.3) is 5.56 Å². The highest BCUT2D eigenvalue weighted by Crippen LogP contribution is 2.35. The van der Waals surface area contributed by atoms with E-state index in [1.54, 1.807) is 0 Å². The van der Waals surface area contributed by atoms with Crippen LogP contribution in [0, 0.1) is 0 Å². The Morgan fingerprint density at radius 3 is 2.32 bits per heavy atom. The molecule has 0 atom stereocenters. The second-order valence-electron chi connectivity index (χ2n) is 8.76. The number of hydrogen-bond donors (Lipinski definition) is 1. The largest absolute Gasteiger partial charge is 0.396 e. The summed E-state index contributed by atoms with van der Waals surface area (Å²) in [5, 5.41) is 9.35. The number of rotatable bonds is 9. The number of fused-ring (bicyclic) bond motifs is 1. The maximum atomic E-state index is 13.5. The molecule has 0 amide bonds. The van der Waals surface area contributed by atoms with E-state index in [1.807, 2.05) is 11.5 Å². The minimum Gasteiger partial charge on any atom is -0.396 e. The van der Waals surface area contributed by atoms with E-state index < -0.39 is 26.4 Å². The van der Waals surface area contributed by atoms with Crippen molar-refractivity contribution < 1.29 is 17.4 Å². The molecule has 1 fully saturated rings. The van der Waals surface area contributed by atoms with Crippen LogP contribution in [0.25, 0.3) is 11.2 Å². The predicted molar refractivity (Wildman–Crippen MR) is 125 cm³/mol. The molecule has 1 aliphatic carbocycles. The molecule has 3 aromatic rings. The van der Waals surface area contributed by atoms with Gasteiger partial charge >= 0.3 is 15.9 Å². The van der Waals surface area contributed by atoms with Crippen LogP contribution in [0.2, 0.25) is 0 Å². The lowest BCUT2D eigenvalue weighted by Gasteiger charge is -2.14. The SMILES string of the molecule is CCCn1c(=O)c2c(nc(C3CCCC3)n2Cc2ccc(S(=O)(=O)F)cc2)n(CCCO)c1=O. The van der Waals surface area contributed by atoms with Crippen molar-refractivity contribution in [3.8, 4) is 0 Å². The van der Waals surface area contributed by atoms with Crippen LogP contribution < -0.4 is 11.2 Å². The number of hydrogen-bond acceptors (Lipinski definition) is 6. The van der Waals surface area contributed by atoms with Crippen LogP contribution in [0.1, 0.15) is 62.8 Å². The van der Waals surface area contributed by atoms with Gasteiger partial charge in [-0.3, -0.25) is 13.9 Å². The Balaban J connectivity index is 1.94. The molecule has 0 bridgehead atoms. The molecule has 0 unspecified atom stereocenters. The molecule has 184 valence electrons. The van der Waals surface area contributed by atoms with Crippen LogP contribution in [-0.2, 0) is 29.9 Å². The number of halogens is 1. The highest BCUT2D eigenvalue weighted by Gasteiger charge is 2.28. The van der Waals surface area contributed by atoms with Gasteiger partial charge in [0.05, 0.1) is 4.90 Å². The highest BCUT2D eigenvalue weighted by atomic mass is 32.3. The van der Waals surface area contributed by atoms with Crippen molar-refractivity contribution in [2.45, 2.75) is 75.9 Å². The number of aryl methyl sites for hydroxylation is 1. The quantitative estimate of drug-likeness (QED) is 0.459. The molecule has 0 radical (unpaired) electrons. The Kier molecular flexibility index (Phi) is 7.04. The average molecular weight is 493 g/mol. The van der Waals surface area contributed by atoms with Crippen molar-refractivity contribution in [3.63, 3.8) is 0 Å². The van der Waals surface area contributed by atoms with Gasteiger partial charge in [-0.25, -0.2) is 9.78 Å². The summed E-state index contributed by atoms with van der Waals surface area (Å²) in [5.74, 6) is 0.858. The first-order valence-corrected chi connectivity index (χ1v) is 13.0. The van der Waals surface area contributed by atoms with Gasteiger partial charge in [0.1, 0.15) is 5.82 Å². The third-order valence-corrected chi connectivity index (χ3v) is 7.23. The lowest BCUT2D eigenvalue weighted by atomic mass is 10.1. The maximum Gasteiger partial charge on any atom is 0.332 e. The monoisotopic (exact) mass is 492 g/mol. The Morgan fingerprint density at radius 2 is 1.74 bits per heavy atom. The third kappa shape index (κ3) is 4.58. The standard InChI is InChI=1S/C23H29FN4O5S/c1-2-12-27-22(30)19-21(26(23(27)31)13-5-14-29)25-20(17-6-3-4-7-17)28(19)15-16-8-10-18(11-9-16)34(24,32)33/h8-11,17,29H,2-7,12-15H2,1H3. The molecule has 1 N–H and O–H groups in total. The molecule has 0 saturated heterocycles. The Morgan fingerprint density at radius 1 is 1.06 bits per heavy atom. The van der Waals surface area contributed by atoms with Crippen LogP contribution in [0.15, 0.2) is 38.8 Å². The molecule has 11 heteroatoms. The minimum atomic E-state index is -4.81. The summed E-state index contributed by atoms with van der Waals surface area (Å²) in [4.78, 5) is 31.0. The minimum absolute atomic E-state index is 0.0964. The fourth-order valence-corrected chi connectivity index (χ4v) is 5.22. The number of nitrogens with zero attached hydrogens (tertiary/aromatic N) is 4. The van der Waals surface area contributed by atoms with Crippen LogP contribution in [0.3, 0.4) is 0 Å². The summed E-state index contributed by atoms with van der Waals surface area (Å²) in [6.07, 6.45) is 4.90. The Bertz CT molecular complexity index is 1400. The van der Waals surface area contributed by atoms with Gasteiger partial charge in [0.15, 0.2) is 11.2 Å². The number of imidazole rings is 1. The second kappa shape index (κ2) is 9.83. The molecule has 0 spiro atoms. The normalized spacial score (nSPS) is 14.9. The van der Waals surface area contributed by atoms with E-state index in [1.165, 1.54) is 33.4 Å².